The molecule has 0 spiro atoms. The first-order valence-corrected chi connectivity index (χ1v) is 46.8. The summed E-state index contributed by atoms with van der Waals surface area (Å²) in [4.78, 5) is 125. The number of fused-ring (bicyclic) bond motifs is 8. The highest BCUT2D eigenvalue weighted by Crippen LogP contribution is 2.41. The molecule has 4 amide bonds. The molecule has 34 nitrogen and oxygen atoms in total. The third-order valence-corrected chi connectivity index (χ3v) is 24.6. The average molecular weight is 1890 g/mol. The molecule has 18 aromatic heterocycles. The van der Waals surface area contributed by atoms with E-state index in [9.17, 15) is 19.2 Å². The lowest BCUT2D eigenvalue weighted by atomic mass is 10.0. The molecule has 1 aliphatic rings. The van der Waals surface area contributed by atoms with Gasteiger partial charge in [-0.05, 0) is 137 Å². The third kappa shape index (κ3) is 18.9. The average Bonchev–Trinajstić information content (AvgIpc) is 1.62. The molecule has 34 heteroatoms. The number of H-pyrrole nitrogens is 8. The number of aromatic nitrogens is 26. The second kappa shape index (κ2) is 39.2. The highest BCUT2D eigenvalue weighted by molar-refractivity contribution is 6.05. The molecule has 12 N–H and O–H groups in total. The van der Waals surface area contributed by atoms with E-state index in [-0.39, 0.29) is 41.4 Å². The van der Waals surface area contributed by atoms with E-state index in [1.165, 1.54) is 0 Å². The van der Waals surface area contributed by atoms with Gasteiger partial charge in [0.1, 0.15) is 33.8 Å². The number of carbonyl (C=O) groups excluding carboxylic acids is 4. The van der Waals surface area contributed by atoms with Crippen LogP contribution in [-0.4, -0.2) is 154 Å². The van der Waals surface area contributed by atoms with Crippen LogP contribution in [0.1, 0.15) is 60.3 Å². The molecule has 144 heavy (non-hydrogen) atoms. The maximum atomic E-state index is 12.2. The quantitative estimate of drug-likeness (QED) is 0.0318. The van der Waals surface area contributed by atoms with E-state index >= 15 is 0 Å². The normalized spacial score (nSPS) is 11.9. The van der Waals surface area contributed by atoms with Gasteiger partial charge in [-0.2, -0.15) is 20.4 Å². The van der Waals surface area contributed by atoms with Crippen LogP contribution in [0.25, 0.3) is 223 Å². The van der Waals surface area contributed by atoms with Gasteiger partial charge in [-0.25, -0.2) is 19.9 Å². The Morgan fingerprint density at radius 1 is 0.299 bits per heavy atom. The predicted molar refractivity (Wildman–Crippen MR) is 558 cm³/mol. The highest BCUT2D eigenvalue weighted by atomic mass is 16.2. The molecule has 25 rings (SSSR count). The summed E-state index contributed by atoms with van der Waals surface area (Å²) >= 11 is 0. The molecule has 1 aliphatic carbocycles. The van der Waals surface area contributed by atoms with Gasteiger partial charge in [-0.3, -0.25) is 89.4 Å². The van der Waals surface area contributed by atoms with Crippen molar-refractivity contribution in [3.63, 3.8) is 0 Å². The molecule has 0 saturated heterocycles. The summed E-state index contributed by atoms with van der Waals surface area (Å²) < 4.78 is 0. The molecule has 1 saturated carbocycles. The van der Waals surface area contributed by atoms with E-state index in [0.29, 0.717) is 70.3 Å². The molecular weight excluding hydrogens is 1810 g/mol. The second-order valence-corrected chi connectivity index (χ2v) is 35.5. The maximum Gasteiger partial charge on any atom is 0.227 e. The molecule has 18 heterocycles. The van der Waals surface area contributed by atoms with Crippen molar-refractivity contribution in [3.05, 3.63) is 306 Å². The van der Waals surface area contributed by atoms with Crippen molar-refractivity contribution >= 4 is 134 Å². The molecule has 0 bridgehead atoms. The van der Waals surface area contributed by atoms with Crippen molar-refractivity contribution in [1.29, 1.82) is 0 Å². The van der Waals surface area contributed by atoms with Crippen molar-refractivity contribution in [2.24, 2.45) is 17.8 Å². The van der Waals surface area contributed by atoms with Gasteiger partial charge >= 0.3 is 0 Å². The van der Waals surface area contributed by atoms with E-state index in [0.717, 1.165) is 201 Å². The van der Waals surface area contributed by atoms with Gasteiger partial charge in [0, 0.05) is 176 Å². The summed E-state index contributed by atoms with van der Waals surface area (Å²) in [6.07, 6.45) is 38.0. The fourth-order valence-corrected chi connectivity index (χ4v) is 17.2. The lowest BCUT2D eigenvalue weighted by molar-refractivity contribution is -0.119. The van der Waals surface area contributed by atoms with E-state index in [1.54, 1.807) is 112 Å². The Balaban J connectivity index is 0.000000110. The molecule has 1 fully saturated rings. The number of anilines is 4. The van der Waals surface area contributed by atoms with Gasteiger partial charge in [-0.15, -0.1) is 0 Å². The maximum absolute atomic E-state index is 12.2. The lowest BCUT2D eigenvalue weighted by Crippen LogP contribution is -2.17. The van der Waals surface area contributed by atoms with Gasteiger partial charge < -0.3 is 41.2 Å². The summed E-state index contributed by atoms with van der Waals surface area (Å²) in [5, 5.41) is 46.0. The number of imidazole rings is 4. The molecule has 6 aromatic carbocycles. The van der Waals surface area contributed by atoms with Crippen LogP contribution in [0.5, 0.6) is 0 Å². The number of amides is 4. The van der Waals surface area contributed by atoms with Crippen LogP contribution in [-0.2, 0) is 19.2 Å². The largest absolute Gasteiger partial charge is 0.335 e. The second-order valence-electron chi connectivity index (χ2n) is 35.5. The van der Waals surface area contributed by atoms with Gasteiger partial charge in [0.15, 0.2) is 23.3 Å². The Bertz CT molecular complexity index is 8700. The minimum absolute atomic E-state index is 0.0217. The summed E-state index contributed by atoms with van der Waals surface area (Å²) in [6, 6.07) is 59.9. The molecule has 0 unspecified atom stereocenters. The Labute approximate surface area is 819 Å². The molecule has 702 valence electrons. The molecular formula is C110H88N30O4. The van der Waals surface area contributed by atoms with Crippen LogP contribution in [0.2, 0.25) is 0 Å². The fourth-order valence-electron chi connectivity index (χ4n) is 17.2. The number of nitrogens with one attached hydrogen (secondary N) is 12. The summed E-state index contributed by atoms with van der Waals surface area (Å²) in [5.74, 6) is 2.87. The first-order chi connectivity index (χ1) is 70.5. The van der Waals surface area contributed by atoms with Crippen molar-refractivity contribution in [3.8, 4) is 135 Å². The van der Waals surface area contributed by atoms with Crippen LogP contribution in [0.3, 0.4) is 0 Å². The van der Waals surface area contributed by atoms with Crippen molar-refractivity contribution in [2.45, 2.75) is 60.3 Å². The number of nitrogens with zero attached hydrogens (tertiary/aromatic N) is 18. The number of benzene rings is 6. The Hall–Kier alpha value is -19.5. The lowest BCUT2D eigenvalue weighted by Gasteiger charge is -2.09. The van der Waals surface area contributed by atoms with E-state index in [1.807, 2.05) is 205 Å². The first kappa shape index (κ1) is 89.7. The minimum atomic E-state index is -0.111. The van der Waals surface area contributed by atoms with Crippen molar-refractivity contribution in [2.75, 3.05) is 21.3 Å². The number of pyridine rings is 10. The van der Waals surface area contributed by atoms with Crippen LogP contribution < -0.4 is 21.3 Å². The van der Waals surface area contributed by atoms with Crippen LogP contribution in [0.15, 0.2) is 306 Å². The van der Waals surface area contributed by atoms with Crippen LogP contribution >= 0.6 is 0 Å². The zero-order valence-corrected chi connectivity index (χ0v) is 78.1. The Morgan fingerprint density at radius 2 is 0.604 bits per heavy atom. The minimum Gasteiger partial charge on any atom is -0.335 e. The van der Waals surface area contributed by atoms with Crippen molar-refractivity contribution in [1.82, 2.24) is 131 Å². The summed E-state index contributed by atoms with van der Waals surface area (Å²) in [7, 11) is 0. The molecule has 0 atom stereocenters. The van der Waals surface area contributed by atoms with Crippen LogP contribution in [0.4, 0.5) is 22.7 Å². The number of aromatic amines is 8. The smallest absolute Gasteiger partial charge is 0.227 e. The molecule has 0 aliphatic heterocycles. The van der Waals surface area contributed by atoms with Gasteiger partial charge in [-0.1, -0.05) is 132 Å². The van der Waals surface area contributed by atoms with Gasteiger partial charge in [0.25, 0.3) is 0 Å². The third-order valence-electron chi connectivity index (χ3n) is 24.6. The number of rotatable bonds is 21. The standard InChI is InChI=1S/C28H24N8O.C28H23N7O.C27H20N8O.C27H21N7O/c1-16(2)8-25(37)32-20-9-19(12-30-13-20)17-5-6-23-21(10-17)27(36-35-23)28-33-24-15-31-14-22(26(24)34-28)18-4-3-7-29-11-18;1-16(2)28(36)31-20-10-19(12-29-13-20)18-8-9-23-21(11-18)26(35-34-23)27-32-24-15-30-14-22(25(24)33-27)17-6-4-3-5-7-17;36-27(15-3-4-15)31-19-8-18(11-29-12-19)16-5-6-22-20(9-16)25(35-34-22)26-32-23-14-30-13-21(24(23)33-26)17-2-1-7-28-10-17;1-2-24(35)30-19-10-18(12-28-13-19)17-8-9-22-20(11-17)26(34-33-22)27-31-23-15-29-14-21(25(23)32-27)16-6-4-3-5-7-16/h3-7,9-16H,8H2,1-2H3,(H,32,37)(H,33,34)(H,35,36);3-16H,1-2H3,(H,31,36)(H,32,33)(H,34,35);1-2,5-15H,3-4H2,(H,31,36)(H,32,33)(H,34,35);3-15H,2H2,1H3,(H,30,35)(H,31,32)(H,33,34). The Kier molecular flexibility index (Phi) is 24.4. The number of carbonyl (C=O) groups is 4. The van der Waals surface area contributed by atoms with Gasteiger partial charge in [0.05, 0.1) is 127 Å². The van der Waals surface area contributed by atoms with E-state index in [4.69, 9.17) is 19.9 Å². The fraction of sp³-hybridized carbons (Fsp3) is 0.109. The Morgan fingerprint density at radius 3 is 0.917 bits per heavy atom. The zero-order valence-electron chi connectivity index (χ0n) is 78.1. The number of hydrogen-bond donors (Lipinski definition) is 12. The number of hydrogen-bond acceptors (Lipinski definition) is 22. The predicted octanol–water partition coefficient (Wildman–Crippen LogP) is 22.0. The van der Waals surface area contributed by atoms with Gasteiger partial charge in [0.2, 0.25) is 23.6 Å². The molecule has 0 radical (unpaired) electrons. The molecule has 24 aromatic rings. The van der Waals surface area contributed by atoms with E-state index < -0.39 is 0 Å². The van der Waals surface area contributed by atoms with Crippen molar-refractivity contribution < 1.29 is 19.2 Å². The SMILES string of the molecule is CC(C)C(=O)Nc1cncc(-c2ccc3[nH]nc(-c4nc5c(-c6ccccc6)cncc5[nH]4)c3c2)c1.CC(C)CC(=O)Nc1cncc(-c2ccc3[nH]nc(-c4nc5c(-c6cccnc6)cncc5[nH]4)c3c2)c1.CCC(=O)Nc1cncc(-c2ccc3[nH]nc(-c4nc5c(-c6ccccc6)cncc5[nH]4)c3c2)c1.O=C(Nc1cncc(-c2ccc3[nH]nc(-c4nc5c(-c6cccnc6)cncc5[nH]4)c3c2)c1)C1CC1. The topological polar surface area (TPSA) is 475 Å². The summed E-state index contributed by atoms with van der Waals surface area (Å²) in [5.41, 5.74) is 30.9. The summed E-state index contributed by atoms with van der Waals surface area (Å²) in [6.45, 7) is 9.57. The highest BCUT2D eigenvalue weighted by Gasteiger charge is 2.30. The zero-order chi connectivity index (χ0) is 97.8. The first-order valence-electron chi connectivity index (χ1n) is 46.8. The van der Waals surface area contributed by atoms with Crippen LogP contribution in [0, 0.1) is 17.8 Å². The monoisotopic (exact) mass is 1890 g/mol. The van der Waals surface area contributed by atoms with E-state index in [2.05, 4.69) is 156 Å².